The molecule has 10 heavy (non-hydrogen) atoms. The third kappa shape index (κ3) is 5.13. The quantitative estimate of drug-likeness (QED) is 0.311. The standard InChI is InChI=1S/C7H12N2O/c1-3-5-9(2)6-4-8-7-10/h1,7H,4-6H2,2H3,(H,8,10). The number of carbonyl (C=O) groups excluding carboxylic acids is 1. The van der Waals surface area contributed by atoms with Gasteiger partial charge < -0.3 is 5.32 Å². The molecule has 1 amide bonds. The lowest BCUT2D eigenvalue weighted by atomic mass is 10.5. The van der Waals surface area contributed by atoms with Crippen LogP contribution >= 0.6 is 0 Å². The Bertz CT molecular complexity index is 128. The number of nitrogens with zero attached hydrogens (tertiary/aromatic N) is 1. The molecular formula is C7H12N2O. The topological polar surface area (TPSA) is 32.3 Å². The highest BCUT2D eigenvalue weighted by molar-refractivity contribution is 5.45. The molecule has 0 aromatic carbocycles. The Balaban J connectivity index is 3.14. The first-order chi connectivity index (χ1) is 4.81. The van der Waals surface area contributed by atoms with Crippen LogP contribution in [0.2, 0.25) is 0 Å². The first-order valence-corrected chi connectivity index (χ1v) is 3.10. The van der Waals surface area contributed by atoms with Crippen molar-refractivity contribution in [2.75, 3.05) is 26.7 Å². The summed E-state index contributed by atoms with van der Waals surface area (Å²) in [4.78, 5) is 11.7. The van der Waals surface area contributed by atoms with Crippen LogP contribution in [-0.2, 0) is 4.79 Å². The minimum Gasteiger partial charge on any atom is -0.357 e. The molecule has 0 aliphatic heterocycles. The van der Waals surface area contributed by atoms with Gasteiger partial charge in [0.2, 0.25) is 6.41 Å². The molecule has 0 radical (unpaired) electrons. The van der Waals surface area contributed by atoms with E-state index in [4.69, 9.17) is 6.42 Å². The second-order valence-corrected chi connectivity index (χ2v) is 2.01. The van der Waals surface area contributed by atoms with Gasteiger partial charge >= 0.3 is 0 Å². The molecule has 0 fully saturated rings. The Hall–Kier alpha value is -1.01. The monoisotopic (exact) mass is 140 g/mol. The fourth-order valence-electron chi connectivity index (χ4n) is 0.549. The molecule has 56 valence electrons. The fourth-order valence-corrected chi connectivity index (χ4v) is 0.549. The van der Waals surface area contributed by atoms with E-state index in [-0.39, 0.29) is 0 Å². The molecule has 0 bridgehead atoms. The first-order valence-electron chi connectivity index (χ1n) is 3.10. The average Bonchev–Trinajstić information content (AvgIpc) is 1.89. The van der Waals surface area contributed by atoms with E-state index < -0.39 is 0 Å². The predicted octanol–water partition coefficient (Wildman–Crippen LogP) is -0.703. The summed E-state index contributed by atoms with van der Waals surface area (Å²) in [7, 11) is 1.91. The van der Waals surface area contributed by atoms with Crippen LogP contribution < -0.4 is 5.32 Å². The van der Waals surface area contributed by atoms with Crippen molar-refractivity contribution in [2.45, 2.75) is 0 Å². The van der Waals surface area contributed by atoms with Gasteiger partial charge in [-0.2, -0.15) is 0 Å². The molecule has 0 heterocycles. The summed E-state index contributed by atoms with van der Waals surface area (Å²) in [6.07, 6.45) is 5.74. The average molecular weight is 140 g/mol. The second-order valence-electron chi connectivity index (χ2n) is 2.01. The normalized spacial score (nSPS) is 8.90. The van der Waals surface area contributed by atoms with Crippen molar-refractivity contribution < 1.29 is 4.79 Å². The SMILES string of the molecule is C#CCN(C)CCNC=O. The van der Waals surface area contributed by atoms with Crippen molar-refractivity contribution in [1.82, 2.24) is 10.2 Å². The van der Waals surface area contributed by atoms with E-state index in [0.717, 1.165) is 6.54 Å². The number of hydrogen-bond acceptors (Lipinski definition) is 2. The van der Waals surface area contributed by atoms with Crippen LogP contribution in [0.1, 0.15) is 0 Å². The molecular weight excluding hydrogens is 128 g/mol. The van der Waals surface area contributed by atoms with Crippen molar-refractivity contribution in [3.63, 3.8) is 0 Å². The molecule has 0 aromatic rings. The van der Waals surface area contributed by atoms with Crippen LogP contribution in [0.3, 0.4) is 0 Å². The van der Waals surface area contributed by atoms with Crippen LogP contribution in [0, 0.1) is 12.3 Å². The van der Waals surface area contributed by atoms with Gasteiger partial charge in [-0.05, 0) is 7.05 Å². The molecule has 0 spiro atoms. The van der Waals surface area contributed by atoms with Crippen LogP contribution in [0.15, 0.2) is 0 Å². The minimum absolute atomic E-state index is 0.626. The van der Waals surface area contributed by atoms with Gasteiger partial charge in [0, 0.05) is 13.1 Å². The number of likely N-dealkylation sites (N-methyl/N-ethyl adjacent to an activating group) is 1. The Morgan fingerprint density at radius 1 is 1.80 bits per heavy atom. The molecule has 0 saturated carbocycles. The van der Waals surface area contributed by atoms with Gasteiger partial charge in [0.25, 0.3) is 0 Å². The van der Waals surface area contributed by atoms with Gasteiger partial charge in [0.15, 0.2) is 0 Å². The van der Waals surface area contributed by atoms with Gasteiger partial charge in [0.05, 0.1) is 6.54 Å². The highest BCUT2D eigenvalue weighted by atomic mass is 16.1. The highest BCUT2D eigenvalue weighted by Gasteiger charge is 1.91. The Labute approximate surface area is 61.4 Å². The van der Waals surface area contributed by atoms with E-state index in [2.05, 4.69) is 11.2 Å². The summed E-state index contributed by atoms with van der Waals surface area (Å²) < 4.78 is 0. The molecule has 0 aliphatic rings. The zero-order valence-electron chi connectivity index (χ0n) is 6.13. The zero-order valence-corrected chi connectivity index (χ0v) is 6.13. The van der Waals surface area contributed by atoms with E-state index in [1.807, 2.05) is 11.9 Å². The number of amides is 1. The number of nitrogens with one attached hydrogen (secondary N) is 1. The van der Waals surface area contributed by atoms with E-state index in [1.165, 1.54) is 0 Å². The second kappa shape index (κ2) is 6.12. The van der Waals surface area contributed by atoms with Crippen LogP contribution in [0.4, 0.5) is 0 Å². The summed E-state index contributed by atoms with van der Waals surface area (Å²) in [6, 6.07) is 0. The van der Waals surface area contributed by atoms with E-state index >= 15 is 0 Å². The van der Waals surface area contributed by atoms with Crippen molar-refractivity contribution in [1.29, 1.82) is 0 Å². The third-order valence-corrected chi connectivity index (χ3v) is 1.08. The van der Waals surface area contributed by atoms with Gasteiger partial charge in [-0.3, -0.25) is 9.69 Å². The van der Waals surface area contributed by atoms with Crippen molar-refractivity contribution in [2.24, 2.45) is 0 Å². The molecule has 0 atom stereocenters. The summed E-state index contributed by atoms with van der Waals surface area (Å²) in [5.41, 5.74) is 0. The van der Waals surface area contributed by atoms with Crippen LogP contribution in [0.25, 0.3) is 0 Å². The maximum atomic E-state index is 9.77. The van der Waals surface area contributed by atoms with Crippen molar-refractivity contribution in [3.05, 3.63) is 0 Å². The molecule has 0 saturated heterocycles. The van der Waals surface area contributed by atoms with Crippen molar-refractivity contribution in [3.8, 4) is 12.3 Å². The van der Waals surface area contributed by atoms with Gasteiger partial charge in [-0.15, -0.1) is 6.42 Å². The Morgan fingerprint density at radius 2 is 2.50 bits per heavy atom. The predicted molar refractivity (Wildman–Crippen MR) is 40.4 cm³/mol. The molecule has 1 N–H and O–H groups in total. The number of terminal acetylenes is 1. The maximum Gasteiger partial charge on any atom is 0.207 e. The summed E-state index contributed by atoms with van der Waals surface area (Å²) >= 11 is 0. The maximum absolute atomic E-state index is 9.77. The summed E-state index contributed by atoms with van der Waals surface area (Å²) in [5.74, 6) is 2.50. The largest absolute Gasteiger partial charge is 0.357 e. The summed E-state index contributed by atoms with van der Waals surface area (Å²) in [5, 5.41) is 2.55. The molecule has 0 unspecified atom stereocenters. The molecule has 3 heteroatoms. The third-order valence-electron chi connectivity index (χ3n) is 1.08. The number of carbonyl (C=O) groups is 1. The fraction of sp³-hybridized carbons (Fsp3) is 0.571. The van der Waals surface area contributed by atoms with E-state index in [9.17, 15) is 4.79 Å². The lowest BCUT2D eigenvalue weighted by Crippen LogP contribution is -2.28. The lowest BCUT2D eigenvalue weighted by molar-refractivity contribution is -0.109. The number of hydrogen-bond donors (Lipinski definition) is 1. The highest BCUT2D eigenvalue weighted by Crippen LogP contribution is 1.76. The Morgan fingerprint density at radius 3 is 3.00 bits per heavy atom. The zero-order chi connectivity index (χ0) is 7.82. The lowest BCUT2D eigenvalue weighted by Gasteiger charge is -2.11. The van der Waals surface area contributed by atoms with Crippen LogP contribution in [-0.4, -0.2) is 38.0 Å². The minimum atomic E-state index is 0.626. The van der Waals surface area contributed by atoms with Gasteiger partial charge in [0.1, 0.15) is 0 Å². The first kappa shape index (κ1) is 8.99. The summed E-state index contributed by atoms with van der Waals surface area (Å²) in [6.45, 7) is 2.07. The van der Waals surface area contributed by atoms with E-state index in [0.29, 0.717) is 19.5 Å². The molecule has 0 aromatic heterocycles. The van der Waals surface area contributed by atoms with Crippen molar-refractivity contribution >= 4 is 6.41 Å². The molecule has 0 aliphatic carbocycles. The van der Waals surface area contributed by atoms with Gasteiger partial charge in [-0.1, -0.05) is 5.92 Å². The number of rotatable bonds is 5. The molecule has 3 nitrogen and oxygen atoms in total. The van der Waals surface area contributed by atoms with Gasteiger partial charge in [-0.25, -0.2) is 0 Å². The van der Waals surface area contributed by atoms with Crippen LogP contribution in [0.5, 0.6) is 0 Å². The van der Waals surface area contributed by atoms with E-state index in [1.54, 1.807) is 0 Å². The molecule has 0 rings (SSSR count). The smallest absolute Gasteiger partial charge is 0.207 e. The Kier molecular flexibility index (Phi) is 5.50.